The van der Waals surface area contributed by atoms with Gasteiger partial charge in [0.1, 0.15) is 18.0 Å². The van der Waals surface area contributed by atoms with Gasteiger partial charge in [-0.25, -0.2) is 22.4 Å². The van der Waals surface area contributed by atoms with Gasteiger partial charge in [-0.3, -0.25) is 0 Å². The quantitative estimate of drug-likeness (QED) is 0.487. The second kappa shape index (κ2) is 12.1. The Labute approximate surface area is 235 Å². The summed E-state index contributed by atoms with van der Waals surface area (Å²) in [5.41, 5.74) is -0.0615. The summed E-state index contributed by atoms with van der Waals surface area (Å²) in [6.07, 6.45) is 0.701. The van der Waals surface area contributed by atoms with Crippen LogP contribution >= 0.6 is 0 Å². The third-order valence-corrected chi connectivity index (χ3v) is 9.12. The lowest BCUT2D eigenvalue weighted by atomic mass is 9.93. The van der Waals surface area contributed by atoms with Crippen molar-refractivity contribution in [2.75, 3.05) is 26.2 Å². The summed E-state index contributed by atoms with van der Waals surface area (Å²) in [4.78, 5) is 28.8. The minimum Gasteiger partial charge on any atom is -0.448 e. The molecule has 2 saturated heterocycles. The van der Waals surface area contributed by atoms with Gasteiger partial charge in [-0.1, -0.05) is 30.3 Å². The first-order chi connectivity index (χ1) is 18.9. The molecule has 4 rings (SSSR count). The number of nitrogens with zero attached hydrogens (tertiary/aromatic N) is 3. The summed E-state index contributed by atoms with van der Waals surface area (Å²) < 4.78 is 54.5. The second-order valence-corrected chi connectivity index (χ2v) is 13.2. The van der Waals surface area contributed by atoms with Crippen molar-refractivity contribution in [3.8, 4) is 0 Å². The molecule has 2 aromatic carbocycles. The molecule has 0 aliphatic carbocycles. The fourth-order valence-electron chi connectivity index (χ4n) is 5.29. The number of piperidine rings is 1. The lowest BCUT2D eigenvalue weighted by Crippen LogP contribution is -2.56. The van der Waals surface area contributed by atoms with Crippen molar-refractivity contribution in [2.24, 2.45) is 0 Å². The molecule has 2 heterocycles. The molecule has 2 amide bonds. The van der Waals surface area contributed by atoms with E-state index in [4.69, 9.17) is 9.47 Å². The van der Waals surface area contributed by atoms with Crippen LogP contribution in [0.5, 0.6) is 0 Å². The van der Waals surface area contributed by atoms with Crippen LogP contribution in [0.25, 0.3) is 0 Å². The van der Waals surface area contributed by atoms with Gasteiger partial charge < -0.3 is 19.3 Å². The maximum Gasteiger partial charge on any atom is 0.410 e. The van der Waals surface area contributed by atoms with Crippen LogP contribution in [0.2, 0.25) is 0 Å². The number of benzene rings is 2. The number of amides is 2. The number of sulfonamides is 1. The van der Waals surface area contributed by atoms with E-state index in [2.05, 4.69) is 0 Å². The van der Waals surface area contributed by atoms with Crippen molar-refractivity contribution >= 4 is 22.2 Å². The highest BCUT2D eigenvalue weighted by atomic mass is 32.2. The predicted octanol–water partition coefficient (Wildman–Crippen LogP) is 5.19. The van der Waals surface area contributed by atoms with Crippen molar-refractivity contribution < 1.29 is 31.9 Å². The third kappa shape index (κ3) is 6.93. The Morgan fingerprint density at radius 3 is 2.38 bits per heavy atom. The molecule has 0 radical (unpaired) electrons. The Balaban J connectivity index is 1.49. The number of carbonyl (C=O) groups is 2. The van der Waals surface area contributed by atoms with Crippen LogP contribution in [0, 0.1) is 5.82 Å². The zero-order valence-corrected chi connectivity index (χ0v) is 24.3. The summed E-state index contributed by atoms with van der Waals surface area (Å²) in [5, 5.41) is 0. The van der Waals surface area contributed by atoms with Crippen molar-refractivity contribution in [3.63, 3.8) is 0 Å². The van der Waals surface area contributed by atoms with Gasteiger partial charge in [-0.2, -0.15) is 4.31 Å². The predicted molar refractivity (Wildman–Crippen MR) is 148 cm³/mol. The normalized spacial score (nSPS) is 22.6. The molecule has 0 bridgehead atoms. The van der Waals surface area contributed by atoms with Crippen molar-refractivity contribution in [1.82, 2.24) is 14.1 Å². The highest BCUT2D eigenvalue weighted by Gasteiger charge is 2.42. The maximum absolute atomic E-state index is 14.1. The monoisotopic (exact) mass is 575 g/mol. The van der Waals surface area contributed by atoms with E-state index in [1.165, 1.54) is 28.6 Å². The summed E-state index contributed by atoms with van der Waals surface area (Å²) in [6, 6.07) is 12.5. The third-order valence-electron chi connectivity index (χ3n) is 7.15. The largest absolute Gasteiger partial charge is 0.448 e. The highest BCUT2D eigenvalue weighted by molar-refractivity contribution is 7.89. The van der Waals surface area contributed by atoms with E-state index in [9.17, 15) is 22.4 Å². The fraction of sp³-hybridized carbons (Fsp3) is 0.517. The zero-order valence-electron chi connectivity index (χ0n) is 23.5. The molecular weight excluding hydrogens is 537 g/mol. The van der Waals surface area contributed by atoms with Crippen LogP contribution in [0.3, 0.4) is 0 Å². The molecule has 2 aliphatic heterocycles. The number of halogens is 1. The molecule has 0 saturated carbocycles. The van der Waals surface area contributed by atoms with Crippen LogP contribution in [0.4, 0.5) is 14.0 Å². The minimum atomic E-state index is -3.99. The second-order valence-electron chi connectivity index (χ2n) is 11.3. The number of hydrogen-bond donors (Lipinski definition) is 0. The number of carbonyl (C=O) groups excluding carboxylic acids is 2. The minimum absolute atomic E-state index is 0.126. The van der Waals surface area contributed by atoms with E-state index in [1.54, 1.807) is 60.9 Å². The number of hydrogen-bond acceptors (Lipinski definition) is 6. The fourth-order valence-corrected chi connectivity index (χ4v) is 7.15. The summed E-state index contributed by atoms with van der Waals surface area (Å²) >= 11 is 0. The van der Waals surface area contributed by atoms with Gasteiger partial charge in [0, 0.05) is 19.6 Å². The maximum atomic E-state index is 14.1. The molecule has 1 unspecified atom stereocenters. The smallest absolute Gasteiger partial charge is 0.410 e. The van der Waals surface area contributed by atoms with Crippen molar-refractivity contribution in [1.29, 1.82) is 0 Å². The molecule has 9 nitrogen and oxygen atoms in total. The van der Waals surface area contributed by atoms with Crippen molar-refractivity contribution in [3.05, 3.63) is 66.0 Å². The zero-order chi connectivity index (χ0) is 29.1. The molecule has 2 fully saturated rings. The molecule has 2 aromatic rings. The first-order valence-electron chi connectivity index (χ1n) is 13.6. The van der Waals surface area contributed by atoms with E-state index in [0.29, 0.717) is 37.9 Å². The van der Waals surface area contributed by atoms with Crippen LogP contribution < -0.4 is 0 Å². The van der Waals surface area contributed by atoms with E-state index in [-0.39, 0.29) is 24.1 Å². The van der Waals surface area contributed by atoms with Gasteiger partial charge in [0.25, 0.3) is 0 Å². The topological polar surface area (TPSA) is 96.5 Å². The van der Waals surface area contributed by atoms with Gasteiger partial charge in [0.05, 0.1) is 23.0 Å². The van der Waals surface area contributed by atoms with Crippen LogP contribution in [0.1, 0.15) is 58.6 Å². The van der Waals surface area contributed by atoms with E-state index in [1.807, 2.05) is 6.92 Å². The number of ether oxygens (including phenoxy) is 2. The van der Waals surface area contributed by atoms with Gasteiger partial charge in [-0.15, -0.1) is 0 Å². The summed E-state index contributed by atoms with van der Waals surface area (Å²) in [6.45, 7) is 7.94. The first kappa shape index (κ1) is 29.8. The molecule has 218 valence electrons. The van der Waals surface area contributed by atoms with E-state index >= 15 is 0 Å². The average Bonchev–Trinajstić information content (AvgIpc) is 2.91. The average molecular weight is 576 g/mol. The SMILES string of the molecule is CC1CN(C(=O)OC(C)(C)C)CCN1C(=O)OC[C@H]1CCC[C@@H](c2cccc(F)c2)N1S(=O)(=O)c1ccccc1. The van der Waals surface area contributed by atoms with E-state index < -0.39 is 45.7 Å². The Morgan fingerprint density at radius 2 is 1.73 bits per heavy atom. The molecular formula is C29H38FN3O6S. The molecule has 11 heteroatoms. The van der Waals surface area contributed by atoms with Gasteiger partial charge in [0.2, 0.25) is 10.0 Å². The van der Waals surface area contributed by atoms with Crippen molar-refractivity contribution in [2.45, 2.75) is 75.6 Å². The molecule has 3 atom stereocenters. The lowest BCUT2D eigenvalue weighted by Gasteiger charge is -2.42. The van der Waals surface area contributed by atoms with Crippen LogP contribution in [-0.4, -0.2) is 78.6 Å². The van der Waals surface area contributed by atoms with Gasteiger partial charge >= 0.3 is 12.2 Å². The van der Waals surface area contributed by atoms with Gasteiger partial charge in [0.15, 0.2) is 0 Å². The Kier molecular flexibility index (Phi) is 9.04. The summed E-state index contributed by atoms with van der Waals surface area (Å²) in [5.74, 6) is -0.442. The van der Waals surface area contributed by atoms with Crippen LogP contribution in [0.15, 0.2) is 59.5 Å². The Morgan fingerprint density at radius 1 is 1.00 bits per heavy atom. The molecule has 0 aromatic heterocycles. The Bertz CT molecular complexity index is 1300. The number of piperazine rings is 1. The van der Waals surface area contributed by atoms with Gasteiger partial charge in [-0.05, 0) is 76.8 Å². The molecule has 2 aliphatic rings. The standard InChI is InChI=1S/C29H38FN3O6S/c1-21-19-31(27(34)39-29(2,3)4)16-17-32(21)28(35)38-20-24-12-9-15-26(22-10-8-11-23(30)18-22)33(24)40(36,37)25-13-6-5-7-14-25/h5-8,10-11,13-14,18,21,24,26H,9,12,15-17,19-20H2,1-4H3/t21?,24-,26+/m1/s1. The lowest BCUT2D eigenvalue weighted by molar-refractivity contribution is 0.00101. The molecule has 0 N–H and O–H groups in total. The first-order valence-corrected chi connectivity index (χ1v) is 15.1. The summed E-state index contributed by atoms with van der Waals surface area (Å²) in [7, 11) is -3.99. The van der Waals surface area contributed by atoms with E-state index in [0.717, 1.165) is 0 Å². The number of rotatable bonds is 5. The highest BCUT2D eigenvalue weighted by Crippen LogP contribution is 2.39. The Hall–Kier alpha value is -3.18. The molecule has 0 spiro atoms. The molecule has 40 heavy (non-hydrogen) atoms. The van der Waals surface area contributed by atoms with Crippen LogP contribution in [-0.2, 0) is 19.5 Å².